The van der Waals surface area contributed by atoms with Crippen molar-refractivity contribution in [2.75, 3.05) is 7.11 Å². The molecule has 0 radical (unpaired) electrons. The van der Waals surface area contributed by atoms with Crippen molar-refractivity contribution in [1.82, 2.24) is 9.97 Å². The lowest BCUT2D eigenvalue weighted by atomic mass is 10.2. The average molecular weight is 230 g/mol. The molecule has 0 N–H and O–H groups in total. The molecule has 1 aromatic heterocycles. The molecule has 14 heavy (non-hydrogen) atoms. The maximum atomic E-state index is 7.59. The zero-order chi connectivity index (χ0) is 11.0. The van der Waals surface area contributed by atoms with E-state index in [4.69, 9.17) is 29.3 Å². The predicted molar refractivity (Wildman–Crippen MR) is 56.1 cm³/mol. The van der Waals surface area contributed by atoms with Gasteiger partial charge in [-0.1, -0.05) is 23.2 Å². The van der Waals surface area contributed by atoms with Crippen LogP contribution in [0, 0.1) is 0 Å². The predicted octanol–water partition coefficient (Wildman–Crippen LogP) is 2.95. The Balaban J connectivity index is 2.91. The Morgan fingerprint density at radius 3 is 2.93 bits per heavy atom. The van der Waals surface area contributed by atoms with Crippen LogP contribution in [0.3, 0.4) is 0 Å². The molecule has 0 spiro atoms. The van der Waals surface area contributed by atoms with Gasteiger partial charge in [0.05, 0.1) is 24.4 Å². The van der Waals surface area contributed by atoms with Crippen molar-refractivity contribution in [3.05, 3.63) is 28.5 Å². The van der Waals surface area contributed by atoms with E-state index in [0.717, 1.165) is 0 Å². The number of aromatic nitrogens is 2. The number of nitrogens with zero attached hydrogens (tertiary/aromatic N) is 2. The number of halogens is 2. The van der Waals surface area contributed by atoms with Gasteiger partial charge in [0.15, 0.2) is 0 Å². The van der Waals surface area contributed by atoms with Gasteiger partial charge in [0, 0.05) is 5.02 Å². The minimum Gasteiger partial charge on any atom is -0.480 e. The quantitative estimate of drug-likeness (QED) is 0.755. The normalized spacial score (nSPS) is 11.5. The molecule has 2 rings (SSSR count). The highest BCUT2D eigenvalue weighted by atomic mass is 35.5. The van der Waals surface area contributed by atoms with E-state index in [1.165, 1.54) is 13.4 Å². The molecule has 2 aromatic rings. The van der Waals surface area contributed by atoms with E-state index in [1.54, 1.807) is 6.07 Å². The van der Waals surface area contributed by atoms with E-state index in [9.17, 15) is 0 Å². The minimum atomic E-state index is 0.0617. The Bertz CT molecular complexity index is 533. The van der Waals surface area contributed by atoms with Gasteiger partial charge in [-0.25, -0.2) is 9.97 Å². The Hall–Kier alpha value is -1.06. The topological polar surface area (TPSA) is 35.0 Å². The molecular weight excluding hydrogens is 223 g/mol. The third kappa shape index (κ3) is 1.49. The summed E-state index contributed by atoms with van der Waals surface area (Å²) in [5.41, 5.74) is 0.470. The van der Waals surface area contributed by atoms with E-state index < -0.39 is 0 Å². The van der Waals surface area contributed by atoms with Crippen molar-refractivity contribution in [3.63, 3.8) is 0 Å². The molecule has 1 heterocycles. The summed E-state index contributed by atoms with van der Waals surface area (Å²) in [4.78, 5) is 7.92. The van der Waals surface area contributed by atoms with E-state index in [0.29, 0.717) is 16.8 Å². The van der Waals surface area contributed by atoms with Gasteiger partial charge >= 0.3 is 0 Å². The van der Waals surface area contributed by atoms with Crippen LogP contribution in [0.4, 0.5) is 0 Å². The summed E-state index contributed by atoms with van der Waals surface area (Å²) >= 11 is 11.8. The summed E-state index contributed by atoms with van der Waals surface area (Å²) in [6.45, 7) is 0. The number of hydrogen-bond donors (Lipinski definition) is 0. The van der Waals surface area contributed by atoms with Crippen LogP contribution in [0.15, 0.2) is 18.4 Å². The molecule has 0 saturated heterocycles. The highest BCUT2D eigenvalue weighted by Crippen LogP contribution is 2.30. The van der Waals surface area contributed by atoms with Crippen LogP contribution in [-0.2, 0) is 0 Å². The van der Waals surface area contributed by atoms with Crippen LogP contribution in [0.5, 0.6) is 5.88 Å². The molecule has 0 saturated carbocycles. The van der Waals surface area contributed by atoms with Gasteiger partial charge in [0.25, 0.3) is 0 Å². The fourth-order valence-corrected chi connectivity index (χ4v) is 1.68. The molecule has 0 aliphatic heterocycles. The largest absolute Gasteiger partial charge is 0.480 e. The first-order valence-corrected chi connectivity index (χ1v) is 4.54. The molecular formula is C9H6Cl2N2O. The second kappa shape index (κ2) is 3.59. The Labute approximate surface area is 92.0 Å². The number of rotatable bonds is 1. The number of fused-ring (bicyclic) bond motifs is 1. The van der Waals surface area contributed by atoms with Gasteiger partial charge in [-0.2, -0.15) is 0 Å². The third-order valence-electron chi connectivity index (χ3n) is 1.75. The molecule has 0 unspecified atom stereocenters. The second-order valence-electron chi connectivity index (χ2n) is 2.58. The van der Waals surface area contributed by atoms with Crippen molar-refractivity contribution < 1.29 is 6.11 Å². The van der Waals surface area contributed by atoms with E-state index in [2.05, 4.69) is 9.97 Å². The van der Waals surface area contributed by atoms with Gasteiger partial charge in [0.2, 0.25) is 5.88 Å². The fraction of sp³-hybridized carbons (Fsp3) is 0.111. The summed E-state index contributed by atoms with van der Waals surface area (Å²) < 4.78 is 12.6. The van der Waals surface area contributed by atoms with Gasteiger partial charge < -0.3 is 4.74 Å². The zero-order valence-electron chi connectivity index (χ0n) is 8.21. The summed E-state index contributed by atoms with van der Waals surface area (Å²) in [5, 5.41) is 1.06. The first-order chi connectivity index (χ1) is 7.15. The summed E-state index contributed by atoms with van der Waals surface area (Å²) in [7, 11) is 1.50. The number of hydrogen-bond acceptors (Lipinski definition) is 3. The van der Waals surface area contributed by atoms with E-state index >= 15 is 0 Å². The summed E-state index contributed by atoms with van der Waals surface area (Å²) in [6, 6.07) is 1.64. The lowest BCUT2D eigenvalue weighted by Gasteiger charge is -2.04. The number of benzene rings is 1. The lowest BCUT2D eigenvalue weighted by molar-refractivity contribution is 0.402. The molecule has 72 valence electrons. The molecule has 0 fully saturated rings. The van der Waals surface area contributed by atoms with Gasteiger partial charge in [0.1, 0.15) is 6.33 Å². The van der Waals surface area contributed by atoms with Gasteiger partial charge in [-0.3, -0.25) is 0 Å². The van der Waals surface area contributed by atoms with Crippen LogP contribution in [-0.4, -0.2) is 17.1 Å². The maximum absolute atomic E-state index is 7.59. The van der Waals surface area contributed by atoms with Gasteiger partial charge in [-0.15, -0.1) is 0 Å². The van der Waals surface area contributed by atoms with Crippen LogP contribution >= 0.6 is 23.2 Å². The first kappa shape index (κ1) is 8.26. The van der Waals surface area contributed by atoms with Crippen LogP contribution in [0.1, 0.15) is 1.37 Å². The van der Waals surface area contributed by atoms with Crippen molar-refractivity contribution in [2.45, 2.75) is 0 Å². The van der Waals surface area contributed by atoms with Crippen LogP contribution < -0.4 is 4.74 Å². The van der Waals surface area contributed by atoms with Crippen molar-refractivity contribution in [3.8, 4) is 5.88 Å². The van der Waals surface area contributed by atoms with Gasteiger partial charge in [-0.05, 0) is 12.1 Å². The van der Waals surface area contributed by atoms with Crippen molar-refractivity contribution in [2.24, 2.45) is 0 Å². The van der Waals surface area contributed by atoms with E-state index in [-0.39, 0.29) is 16.1 Å². The standard InChI is InChI=1S/C9H6Cl2N2O/c1-14-9-6-2-5(10)3-7(11)8(6)12-4-13-9/h2-4H,1H3/i3D. The molecule has 5 heteroatoms. The Morgan fingerprint density at radius 1 is 1.43 bits per heavy atom. The molecule has 0 atom stereocenters. The van der Waals surface area contributed by atoms with Crippen LogP contribution in [0.25, 0.3) is 10.9 Å². The highest BCUT2D eigenvalue weighted by molar-refractivity contribution is 6.38. The molecule has 0 aliphatic carbocycles. The summed E-state index contributed by atoms with van der Waals surface area (Å²) in [5.74, 6) is 0.392. The summed E-state index contributed by atoms with van der Waals surface area (Å²) in [6.07, 6.45) is 1.33. The molecule has 0 amide bonds. The average Bonchev–Trinajstić information content (AvgIpc) is 2.25. The monoisotopic (exact) mass is 229 g/mol. The second-order valence-corrected chi connectivity index (χ2v) is 3.36. The minimum absolute atomic E-state index is 0.0617. The SMILES string of the molecule is [2H]c1c(Cl)cc2c(OC)ncnc2c1Cl. The number of ether oxygens (including phenoxy) is 1. The molecule has 1 aromatic carbocycles. The molecule has 0 bridgehead atoms. The number of methoxy groups -OCH3 is 1. The first-order valence-electron chi connectivity index (χ1n) is 4.28. The smallest absolute Gasteiger partial charge is 0.224 e. The molecule has 0 aliphatic rings. The fourth-order valence-electron chi connectivity index (χ4n) is 1.17. The zero-order valence-corrected chi connectivity index (χ0v) is 8.73. The lowest BCUT2D eigenvalue weighted by Crippen LogP contribution is -1.91. The van der Waals surface area contributed by atoms with Crippen molar-refractivity contribution in [1.29, 1.82) is 0 Å². The Kier molecular flexibility index (Phi) is 2.12. The van der Waals surface area contributed by atoms with Crippen LogP contribution in [0.2, 0.25) is 10.0 Å². The Morgan fingerprint density at radius 2 is 2.21 bits per heavy atom. The highest BCUT2D eigenvalue weighted by Gasteiger charge is 2.07. The van der Waals surface area contributed by atoms with Crippen molar-refractivity contribution >= 4 is 34.1 Å². The molecule has 3 nitrogen and oxygen atoms in total. The maximum Gasteiger partial charge on any atom is 0.224 e. The third-order valence-corrected chi connectivity index (χ3v) is 2.23. The van der Waals surface area contributed by atoms with E-state index in [1.807, 2.05) is 0 Å².